The van der Waals surface area contributed by atoms with E-state index in [1.165, 1.54) is 0 Å². The number of phosphoric acid groups is 1. The van der Waals surface area contributed by atoms with Gasteiger partial charge in [-0.05, 0) is 0 Å². The van der Waals surface area contributed by atoms with Gasteiger partial charge in [0.25, 0.3) is 5.78 Å². The van der Waals surface area contributed by atoms with Crippen molar-refractivity contribution >= 4 is 25.5 Å². The maximum atomic E-state index is 10.4. The van der Waals surface area contributed by atoms with Gasteiger partial charge in [0, 0.05) is 0 Å². The summed E-state index contributed by atoms with van der Waals surface area (Å²) in [5.41, 5.74) is 0. The fraction of sp³-hybridized carbons (Fsp3) is 0.250. The van der Waals surface area contributed by atoms with Gasteiger partial charge >= 0.3 is 19.8 Å². The second kappa shape index (κ2) is 4.13. The highest BCUT2D eigenvalue weighted by atomic mass is 31.2. The van der Waals surface area contributed by atoms with Crippen molar-refractivity contribution in [2.24, 2.45) is 0 Å². The zero-order valence-electron chi connectivity index (χ0n) is 6.04. The molecule has 0 aliphatic rings. The molecule has 0 fully saturated rings. The molecule has 0 rings (SSSR count). The average Bonchev–Trinajstić information content (AvgIpc) is 1.81. The maximum absolute atomic E-state index is 10.4. The summed E-state index contributed by atoms with van der Waals surface area (Å²) in [6.45, 7) is 0. The van der Waals surface area contributed by atoms with Crippen molar-refractivity contribution in [2.45, 2.75) is 6.42 Å². The Morgan fingerprint density at radius 2 is 1.69 bits per heavy atom. The van der Waals surface area contributed by atoms with Gasteiger partial charge in [-0.15, -0.1) is 0 Å². The molecule has 0 aromatic rings. The molecule has 0 saturated heterocycles. The van der Waals surface area contributed by atoms with Gasteiger partial charge in [0.15, 0.2) is 0 Å². The van der Waals surface area contributed by atoms with Crippen LogP contribution < -0.4 is 0 Å². The summed E-state index contributed by atoms with van der Waals surface area (Å²) in [6.07, 6.45) is -1.21. The highest BCUT2D eigenvalue weighted by Gasteiger charge is 2.24. The van der Waals surface area contributed by atoms with Crippen molar-refractivity contribution in [3.8, 4) is 0 Å². The Morgan fingerprint density at radius 3 is 2.00 bits per heavy atom. The number of hydrogen-bond donors (Lipinski definition) is 3. The first-order valence-electron chi connectivity index (χ1n) is 2.76. The molecule has 0 saturated carbocycles. The number of aliphatic carboxylic acids is 1. The first-order valence-corrected chi connectivity index (χ1v) is 4.29. The Balaban J connectivity index is 4.11. The van der Waals surface area contributed by atoms with E-state index in [0.29, 0.717) is 0 Å². The Kier molecular flexibility index (Phi) is 3.73. The van der Waals surface area contributed by atoms with Crippen molar-refractivity contribution in [3.05, 3.63) is 0 Å². The highest BCUT2D eigenvalue weighted by molar-refractivity contribution is 7.46. The lowest BCUT2D eigenvalue weighted by Gasteiger charge is -2.02. The standard InChI is InChI=1S/C4H5O8P/c5-2(4(7)8)1-3(6)12-13(9,10)11/h1H2,(H,7,8)(H2,9,10,11). The Morgan fingerprint density at radius 1 is 1.23 bits per heavy atom. The number of carbonyl (C=O) groups is 3. The predicted molar refractivity (Wildman–Crippen MR) is 35.4 cm³/mol. The van der Waals surface area contributed by atoms with Crippen LogP contribution in [0.25, 0.3) is 0 Å². The van der Waals surface area contributed by atoms with E-state index in [1.807, 2.05) is 0 Å². The number of rotatable bonds is 4. The monoisotopic (exact) mass is 212 g/mol. The molecular weight excluding hydrogens is 207 g/mol. The van der Waals surface area contributed by atoms with Crippen molar-refractivity contribution in [2.75, 3.05) is 0 Å². The third-order valence-electron chi connectivity index (χ3n) is 0.764. The van der Waals surface area contributed by atoms with Crippen LogP contribution in [0.4, 0.5) is 0 Å². The molecule has 0 aliphatic carbocycles. The lowest BCUT2D eigenvalue weighted by atomic mass is 10.3. The summed E-state index contributed by atoms with van der Waals surface area (Å²) in [5, 5.41) is 7.98. The lowest BCUT2D eigenvalue weighted by molar-refractivity contribution is -0.152. The van der Waals surface area contributed by atoms with E-state index in [0.717, 1.165) is 0 Å². The van der Waals surface area contributed by atoms with Gasteiger partial charge in [0.1, 0.15) is 6.42 Å². The molecule has 0 atom stereocenters. The number of Topliss-reactive ketones (excluding diaryl/α,β-unsaturated/α-hetero) is 1. The molecule has 13 heavy (non-hydrogen) atoms. The molecule has 0 aliphatic heterocycles. The highest BCUT2D eigenvalue weighted by Crippen LogP contribution is 2.36. The van der Waals surface area contributed by atoms with Gasteiger partial charge in [-0.1, -0.05) is 0 Å². The van der Waals surface area contributed by atoms with Crippen LogP contribution in [0.1, 0.15) is 6.42 Å². The fourth-order valence-electron chi connectivity index (χ4n) is 0.372. The predicted octanol–water partition coefficient (Wildman–Crippen LogP) is -1.33. The Bertz CT molecular complexity index is 287. The van der Waals surface area contributed by atoms with Crippen molar-refractivity contribution < 1.29 is 38.4 Å². The molecular formula is C4H5O8P. The lowest BCUT2D eigenvalue weighted by Crippen LogP contribution is -2.18. The number of phosphoric ester groups is 1. The molecule has 9 heteroatoms. The second-order valence-corrected chi connectivity index (χ2v) is 3.02. The number of hydrogen-bond acceptors (Lipinski definition) is 5. The number of carboxylic acid groups (broad SMARTS) is 1. The molecule has 0 spiro atoms. The normalized spacial score (nSPS) is 10.6. The summed E-state index contributed by atoms with van der Waals surface area (Å²) < 4.78 is 13.4. The van der Waals surface area contributed by atoms with E-state index in [9.17, 15) is 18.9 Å². The van der Waals surface area contributed by atoms with E-state index in [4.69, 9.17) is 14.9 Å². The zero-order valence-corrected chi connectivity index (χ0v) is 6.93. The fourth-order valence-corrected chi connectivity index (χ4v) is 0.701. The first-order chi connectivity index (χ1) is 5.72. The van der Waals surface area contributed by atoms with E-state index in [-0.39, 0.29) is 0 Å². The van der Waals surface area contributed by atoms with Gasteiger partial charge in [-0.3, -0.25) is 19.4 Å². The molecule has 0 heterocycles. The molecule has 8 nitrogen and oxygen atoms in total. The van der Waals surface area contributed by atoms with Gasteiger partial charge in [-0.2, -0.15) is 0 Å². The van der Waals surface area contributed by atoms with E-state index in [2.05, 4.69) is 4.52 Å². The maximum Gasteiger partial charge on any atom is 0.526 e. The summed E-state index contributed by atoms with van der Waals surface area (Å²) in [5.74, 6) is -4.96. The van der Waals surface area contributed by atoms with Crippen molar-refractivity contribution in [1.29, 1.82) is 0 Å². The number of carbonyl (C=O) groups excluding carboxylic acids is 2. The smallest absolute Gasteiger partial charge is 0.475 e. The van der Waals surface area contributed by atoms with Crippen LogP contribution in [0.15, 0.2) is 0 Å². The summed E-state index contributed by atoms with van der Waals surface area (Å²) in [7, 11) is -5.00. The second-order valence-electron chi connectivity index (χ2n) is 1.86. The molecule has 74 valence electrons. The minimum absolute atomic E-state index is 1.21. The van der Waals surface area contributed by atoms with Crippen LogP contribution in [-0.2, 0) is 23.5 Å². The van der Waals surface area contributed by atoms with E-state index >= 15 is 0 Å². The van der Waals surface area contributed by atoms with Gasteiger partial charge < -0.3 is 9.63 Å². The van der Waals surface area contributed by atoms with E-state index in [1.54, 1.807) is 0 Å². The van der Waals surface area contributed by atoms with Crippen LogP contribution in [0.2, 0.25) is 0 Å². The minimum atomic E-state index is -5.00. The minimum Gasteiger partial charge on any atom is -0.475 e. The molecule has 0 amide bonds. The van der Waals surface area contributed by atoms with Crippen molar-refractivity contribution in [3.63, 3.8) is 0 Å². The van der Waals surface area contributed by atoms with Crippen molar-refractivity contribution in [1.82, 2.24) is 0 Å². The number of carboxylic acids is 1. The van der Waals surface area contributed by atoms with Gasteiger partial charge in [-0.25, -0.2) is 9.36 Å². The topological polar surface area (TPSA) is 138 Å². The number of ketones is 1. The van der Waals surface area contributed by atoms with Crippen LogP contribution in [0, 0.1) is 0 Å². The third kappa shape index (κ3) is 5.97. The molecule has 0 radical (unpaired) electrons. The van der Waals surface area contributed by atoms with Gasteiger partial charge in [0.2, 0.25) is 0 Å². The zero-order chi connectivity index (χ0) is 10.6. The van der Waals surface area contributed by atoms with E-state index < -0.39 is 32.0 Å². The summed E-state index contributed by atoms with van der Waals surface area (Å²) >= 11 is 0. The average molecular weight is 212 g/mol. The Hall–Kier alpha value is -1.24. The molecule has 0 bridgehead atoms. The summed E-state index contributed by atoms with van der Waals surface area (Å²) in [6, 6.07) is 0. The summed E-state index contributed by atoms with van der Waals surface area (Å²) in [4.78, 5) is 46.6. The van der Waals surface area contributed by atoms with Crippen LogP contribution in [0.3, 0.4) is 0 Å². The molecule has 0 aromatic carbocycles. The van der Waals surface area contributed by atoms with Gasteiger partial charge in [0.05, 0.1) is 0 Å². The SMILES string of the molecule is O=C(CC(=O)C(=O)O)OP(=O)(O)O. The largest absolute Gasteiger partial charge is 0.526 e. The molecule has 0 aromatic heterocycles. The van der Waals surface area contributed by atoms with Crippen LogP contribution in [-0.4, -0.2) is 32.6 Å². The first kappa shape index (κ1) is 11.8. The molecule has 0 unspecified atom stereocenters. The third-order valence-corrected chi connectivity index (χ3v) is 1.21. The quantitative estimate of drug-likeness (QED) is 0.296. The van der Waals surface area contributed by atoms with Crippen LogP contribution >= 0.6 is 7.82 Å². The van der Waals surface area contributed by atoms with Crippen LogP contribution in [0.5, 0.6) is 0 Å². The molecule has 3 N–H and O–H groups in total. The Labute approximate surface area is 71.4 Å².